The first-order valence-electron chi connectivity index (χ1n) is 6.37. The van der Waals surface area contributed by atoms with Crippen LogP contribution >= 0.6 is 0 Å². The second kappa shape index (κ2) is 5.80. The third kappa shape index (κ3) is 4.03. The number of rotatable bonds is 4. The number of hydrogen-bond donors (Lipinski definition) is 1. The molecule has 0 aliphatic carbocycles. The molecular formula is C15H20N4. The zero-order valence-corrected chi connectivity index (χ0v) is 11.7. The van der Waals surface area contributed by atoms with Gasteiger partial charge >= 0.3 is 0 Å². The molecule has 4 nitrogen and oxygen atoms in total. The van der Waals surface area contributed by atoms with E-state index in [1.807, 2.05) is 6.92 Å². The summed E-state index contributed by atoms with van der Waals surface area (Å²) in [5.41, 5.74) is 9.22. The molecule has 2 N–H and O–H groups in total. The quantitative estimate of drug-likeness (QED) is 0.912. The first-order chi connectivity index (χ1) is 9.02. The molecule has 0 saturated heterocycles. The van der Waals surface area contributed by atoms with Crippen molar-refractivity contribution < 1.29 is 0 Å². The fourth-order valence-corrected chi connectivity index (χ4v) is 2.15. The van der Waals surface area contributed by atoms with Gasteiger partial charge in [0.1, 0.15) is 11.6 Å². The molecule has 0 fully saturated rings. The van der Waals surface area contributed by atoms with Crippen LogP contribution in [0.2, 0.25) is 0 Å². The van der Waals surface area contributed by atoms with Crippen LogP contribution in [0.3, 0.4) is 0 Å². The zero-order valence-electron chi connectivity index (χ0n) is 11.7. The summed E-state index contributed by atoms with van der Waals surface area (Å²) < 4.78 is 0. The average Bonchev–Trinajstić information content (AvgIpc) is 2.26. The van der Waals surface area contributed by atoms with Gasteiger partial charge in [-0.15, -0.1) is 0 Å². The number of aromatic nitrogens is 2. The highest BCUT2D eigenvalue weighted by molar-refractivity contribution is 5.29. The van der Waals surface area contributed by atoms with Crippen LogP contribution in [0.15, 0.2) is 30.3 Å². The highest BCUT2D eigenvalue weighted by atomic mass is 15.1. The van der Waals surface area contributed by atoms with E-state index < -0.39 is 0 Å². The van der Waals surface area contributed by atoms with E-state index in [-0.39, 0.29) is 0 Å². The molecule has 100 valence electrons. The molecule has 1 heterocycles. The molecule has 0 aliphatic heterocycles. The summed E-state index contributed by atoms with van der Waals surface area (Å²) in [6.07, 6.45) is 0. The third-order valence-corrected chi connectivity index (χ3v) is 2.87. The number of nitrogens with zero attached hydrogens (tertiary/aromatic N) is 3. The molecular weight excluding hydrogens is 236 g/mol. The Morgan fingerprint density at radius 2 is 1.89 bits per heavy atom. The number of aryl methyl sites for hydroxylation is 2. The van der Waals surface area contributed by atoms with E-state index in [2.05, 4.69) is 53.1 Å². The van der Waals surface area contributed by atoms with Gasteiger partial charge in [0.05, 0.1) is 6.54 Å². The van der Waals surface area contributed by atoms with Crippen LogP contribution in [0, 0.1) is 13.8 Å². The van der Waals surface area contributed by atoms with Gasteiger partial charge in [0.15, 0.2) is 0 Å². The number of benzene rings is 1. The molecule has 4 heteroatoms. The molecule has 1 aromatic carbocycles. The van der Waals surface area contributed by atoms with E-state index in [0.717, 1.165) is 18.1 Å². The van der Waals surface area contributed by atoms with Crippen LogP contribution in [0.4, 0.5) is 5.82 Å². The highest BCUT2D eigenvalue weighted by Gasteiger charge is 2.05. The summed E-state index contributed by atoms with van der Waals surface area (Å²) in [5, 5.41) is 0. The Bertz CT molecular complexity index is 546. The normalized spacial score (nSPS) is 10.9. The second-order valence-corrected chi connectivity index (χ2v) is 5.01. The minimum Gasteiger partial charge on any atom is -0.384 e. The van der Waals surface area contributed by atoms with Crippen LogP contribution in [0.5, 0.6) is 0 Å². The van der Waals surface area contributed by atoms with Crippen LogP contribution in [0.1, 0.15) is 22.6 Å². The zero-order chi connectivity index (χ0) is 13.8. The molecule has 0 saturated carbocycles. The van der Waals surface area contributed by atoms with Crippen LogP contribution in [0.25, 0.3) is 0 Å². The first kappa shape index (κ1) is 13.5. The van der Waals surface area contributed by atoms with E-state index in [0.29, 0.717) is 12.4 Å². The van der Waals surface area contributed by atoms with Gasteiger partial charge in [0.25, 0.3) is 0 Å². The topological polar surface area (TPSA) is 55.0 Å². The standard InChI is InChI=1S/C15H20N4/c1-11-5-4-6-13(7-11)9-19(3)10-15-17-12(2)8-14(16)18-15/h4-8H,9-10H2,1-3H3,(H2,16,17,18). The minimum absolute atomic E-state index is 0.534. The largest absolute Gasteiger partial charge is 0.384 e. The number of nitrogen functional groups attached to an aromatic ring is 1. The van der Waals surface area contributed by atoms with Crippen molar-refractivity contribution in [3.63, 3.8) is 0 Å². The van der Waals surface area contributed by atoms with Crippen molar-refractivity contribution >= 4 is 5.82 Å². The van der Waals surface area contributed by atoms with E-state index in [1.165, 1.54) is 11.1 Å². The Morgan fingerprint density at radius 1 is 1.11 bits per heavy atom. The Morgan fingerprint density at radius 3 is 2.58 bits per heavy atom. The molecule has 0 radical (unpaired) electrons. The molecule has 1 aromatic heterocycles. The van der Waals surface area contributed by atoms with Crippen molar-refractivity contribution in [1.82, 2.24) is 14.9 Å². The van der Waals surface area contributed by atoms with Crippen molar-refractivity contribution in [2.75, 3.05) is 12.8 Å². The minimum atomic E-state index is 0.534. The van der Waals surface area contributed by atoms with Gasteiger partial charge in [-0.3, -0.25) is 4.90 Å². The Hall–Kier alpha value is -1.94. The second-order valence-electron chi connectivity index (χ2n) is 5.01. The molecule has 0 atom stereocenters. The van der Waals surface area contributed by atoms with Crippen LogP contribution in [-0.4, -0.2) is 21.9 Å². The lowest BCUT2D eigenvalue weighted by Gasteiger charge is -2.16. The lowest BCUT2D eigenvalue weighted by molar-refractivity contribution is 0.310. The first-order valence-corrected chi connectivity index (χ1v) is 6.37. The lowest BCUT2D eigenvalue weighted by atomic mass is 10.1. The predicted octanol–water partition coefficient (Wildman–Crippen LogP) is 2.31. The van der Waals surface area contributed by atoms with Crippen molar-refractivity contribution in [3.8, 4) is 0 Å². The fraction of sp³-hybridized carbons (Fsp3) is 0.333. The molecule has 0 spiro atoms. The number of nitrogens with two attached hydrogens (primary N) is 1. The Labute approximate surface area is 114 Å². The van der Waals surface area contributed by atoms with Crippen molar-refractivity contribution in [2.24, 2.45) is 0 Å². The summed E-state index contributed by atoms with van der Waals surface area (Å²) >= 11 is 0. The van der Waals surface area contributed by atoms with E-state index >= 15 is 0 Å². The van der Waals surface area contributed by atoms with E-state index in [1.54, 1.807) is 6.07 Å². The summed E-state index contributed by atoms with van der Waals surface area (Å²) in [6, 6.07) is 10.3. The summed E-state index contributed by atoms with van der Waals surface area (Å²) in [7, 11) is 2.06. The molecule has 0 bridgehead atoms. The highest BCUT2D eigenvalue weighted by Crippen LogP contribution is 2.09. The molecule has 2 rings (SSSR count). The number of anilines is 1. The summed E-state index contributed by atoms with van der Waals surface area (Å²) in [5.74, 6) is 1.30. The van der Waals surface area contributed by atoms with E-state index in [9.17, 15) is 0 Å². The van der Waals surface area contributed by atoms with Crippen molar-refractivity contribution in [2.45, 2.75) is 26.9 Å². The van der Waals surface area contributed by atoms with Gasteiger partial charge in [0, 0.05) is 18.3 Å². The van der Waals surface area contributed by atoms with Gasteiger partial charge in [-0.1, -0.05) is 29.8 Å². The monoisotopic (exact) mass is 256 g/mol. The maximum Gasteiger partial charge on any atom is 0.144 e. The maximum absolute atomic E-state index is 5.74. The SMILES string of the molecule is Cc1cccc(CN(C)Cc2nc(C)cc(N)n2)c1. The molecule has 2 aromatic rings. The number of hydrogen-bond acceptors (Lipinski definition) is 4. The Kier molecular flexibility index (Phi) is 4.12. The van der Waals surface area contributed by atoms with Crippen LogP contribution in [-0.2, 0) is 13.1 Å². The maximum atomic E-state index is 5.74. The summed E-state index contributed by atoms with van der Waals surface area (Å²) in [6.45, 7) is 5.61. The average molecular weight is 256 g/mol. The van der Waals surface area contributed by atoms with Crippen molar-refractivity contribution in [3.05, 3.63) is 53.0 Å². The van der Waals surface area contributed by atoms with Gasteiger partial charge in [-0.05, 0) is 26.5 Å². The van der Waals surface area contributed by atoms with Crippen molar-refractivity contribution in [1.29, 1.82) is 0 Å². The predicted molar refractivity (Wildman–Crippen MR) is 77.5 cm³/mol. The van der Waals surface area contributed by atoms with Gasteiger partial charge in [-0.25, -0.2) is 9.97 Å². The molecule has 0 amide bonds. The van der Waals surface area contributed by atoms with Gasteiger partial charge in [0.2, 0.25) is 0 Å². The van der Waals surface area contributed by atoms with Crippen LogP contribution < -0.4 is 5.73 Å². The van der Waals surface area contributed by atoms with Gasteiger partial charge in [-0.2, -0.15) is 0 Å². The summed E-state index contributed by atoms with van der Waals surface area (Å²) in [4.78, 5) is 10.8. The Balaban J connectivity index is 2.03. The third-order valence-electron chi connectivity index (χ3n) is 2.87. The smallest absolute Gasteiger partial charge is 0.144 e. The molecule has 0 unspecified atom stereocenters. The molecule has 19 heavy (non-hydrogen) atoms. The van der Waals surface area contributed by atoms with E-state index in [4.69, 9.17) is 5.73 Å². The molecule has 0 aliphatic rings. The fourth-order valence-electron chi connectivity index (χ4n) is 2.15. The van der Waals surface area contributed by atoms with Gasteiger partial charge < -0.3 is 5.73 Å². The lowest BCUT2D eigenvalue weighted by Crippen LogP contribution is -2.19.